The molecule has 1 unspecified atom stereocenters. The maximum atomic E-state index is 12.6. The zero-order valence-electron chi connectivity index (χ0n) is 14.1. The van der Waals surface area contributed by atoms with E-state index in [1.54, 1.807) is 13.2 Å². The summed E-state index contributed by atoms with van der Waals surface area (Å²) in [5, 5.41) is 0. The van der Waals surface area contributed by atoms with Crippen molar-refractivity contribution < 1.29 is 18.7 Å². The molecule has 3 heterocycles. The highest BCUT2D eigenvalue weighted by atomic mass is 16.5. The first kappa shape index (κ1) is 17.0. The zero-order valence-corrected chi connectivity index (χ0v) is 14.1. The van der Waals surface area contributed by atoms with E-state index in [1.165, 1.54) is 12.5 Å². The van der Waals surface area contributed by atoms with Crippen molar-refractivity contribution in [2.45, 2.75) is 18.9 Å². The highest BCUT2D eigenvalue weighted by molar-refractivity contribution is 5.93. The van der Waals surface area contributed by atoms with E-state index >= 15 is 0 Å². The fraction of sp³-hybridized carbons (Fsp3) is 0.647. The third-order valence-corrected chi connectivity index (χ3v) is 4.86. The topological polar surface area (TPSA) is 66.2 Å². The summed E-state index contributed by atoms with van der Waals surface area (Å²) in [6.07, 6.45) is 4.74. The van der Waals surface area contributed by atoms with Crippen LogP contribution < -0.4 is 0 Å². The summed E-state index contributed by atoms with van der Waals surface area (Å²) in [6, 6.07) is 1.64. The summed E-state index contributed by atoms with van der Waals surface area (Å²) in [5.41, 5.74) is 0.589. The molecular formula is C17H25N3O4. The normalized spacial score (nSPS) is 22.9. The molecule has 2 fully saturated rings. The number of rotatable bonds is 5. The molecule has 1 aromatic rings. The molecule has 0 saturated carbocycles. The van der Waals surface area contributed by atoms with Crippen molar-refractivity contribution in [1.29, 1.82) is 0 Å². The molecule has 7 nitrogen and oxygen atoms in total. The van der Waals surface area contributed by atoms with E-state index in [1.807, 2.05) is 9.80 Å². The monoisotopic (exact) mass is 335 g/mol. The van der Waals surface area contributed by atoms with Crippen LogP contribution in [0, 0.1) is 0 Å². The molecule has 0 aromatic carbocycles. The minimum Gasteiger partial charge on any atom is -0.472 e. The van der Waals surface area contributed by atoms with Gasteiger partial charge in [0.05, 0.1) is 24.5 Å². The highest BCUT2D eigenvalue weighted by Gasteiger charge is 2.36. The van der Waals surface area contributed by atoms with Crippen LogP contribution in [0.25, 0.3) is 0 Å². The van der Waals surface area contributed by atoms with Crippen molar-refractivity contribution in [3.05, 3.63) is 24.2 Å². The lowest BCUT2D eigenvalue weighted by Gasteiger charge is -2.26. The number of hydrogen-bond donors (Lipinski definition) is 0. The molecule has 2 amide bonds. The molecule has 7 heteroatoms. The van der Waals surface area contributed by atoms with Gasteiger partial charge in [0.15, 0.2) is 0 Å². The standard InChI is InChI=1S/C17H25N3O4/c1-23-12-10-20-7-3-15(17(20)22)18-5-2-6-19(9-8-18)16(21)14-4-11-24-13-14/h4,11,13,15H,2-3,5-10,12H2,1H3. The fourth-order valence-electron chi connectivity index (χ4n) is 3.51. The molecule has 0 bridgehead atoms. The van der Waals surface area contributed by atoms with Crippen LogP contribution in [0.3, 0.4) is 0 Å². The van der Waals surface area contributed by atoms with Crippen LogP contribution in [0.5, 0.6) is 0 Å². The highest BCUT2D eigenvalue weighted by Crippen LogP contribution is 2.19. The number of furan rings is 1. The lowest BCUT2D eigenvalue weighted by Crippen LogP contribution is -2.44. The zero-order chi connectivity index (χ0) is 16.9. The first-order valence-electron chi connectivity index (χ1n) is 8.54. The van der Waals surface area contributed by atoms with Gasteiger partial charge < -0.3 is 19.0 Å². The smallest absolute Gasteiger partial charge is 0.257 e. The number of nitrogens with zero attached hydrogens (tertiary/aromatic N) is 3. The lowest BCUT2D eigenvalue weighted by atomic mass is 10.2. The van der Waals surface area contributed by atoms with E-state index < -0.39 is 0 Å². The molecule has 0 radical (unpaired) electrons. The number of amides is 2. The molecule has 132 valence electrons. The molecule has 0 aliphatic carbocycles. The van der Waals surface area contributed by atoms with Crippen LogP contribution in [-0.4, -0.2) is 85.5 Å². The van der Waals surface area contributed by atoms with Gasteiger partial charge in [-0.2, -0.15) is 0 Å². The first-order valence-corrected chi connectivity index (χ1v) is 8.54. The van der Waals surface area contributed by atoms with Crippen LogP contribution in [0.4, 0.5) is 0 Å². The van der Waals surface area contributed by atoms with E-state index in [0.29, 0.717) is 25.3 Å². The Morgan fingerprint density at radius 1 is 1.29 bits per heavy atom. The maximum absolute atomic E-state index is 12.6. The molecule has 24 heavy (non-hydrogen) atoms. The lowest BCUT2D eigenvalue weighted by molar-refractivity contribution is -0.132. The Balaban J connectivity index is 1.56. The quantitative estimate of drug-likeness (QED) is 0.791. The van der Waals surface area contributed by atoms with Crippen LogP contribution in [-0.2, 0) is 9.53 Å². The Hall–Kier alpha value is -1.86. The third kappa shape index (κ3) is 3.62. The largest absolute Gasteiger partial charge is 0.472 e. The summed E-state index contributed by atoms with van der Waals surface area (Å²) in [4.78, 5) is 31.0. The van der Waals surface area contributed by atoms with E-state index in [2.05, 4.69) is 4.90 Å². The van der Waals surface area contributed by atoms with Crippen molar-refractivity contribution >= 4 is 11.8 Å². The van der Waals surface area contributed by atoms with Gasteiger partial charge in [0.25, 0.3) is 5.91 Å². The van der Waals surface area contributed by atoms with Gasteiger partial charge in [-0.25, -0.2) is 0 Å². The van der Waals surface area contributed by atoms with Gasteiger partial charge >= 0.3 is 0 Å². The fourth-order valence-corrected chi connectivity index (χ4v) is 3.51. The molecule has 2 aliphatic heterocycles. The molecular weight excluding hydrogens is 310 g/mol. The van der Waals surface area contributed by atoms with E-state index in [4.69, 9.17) is 9.15 Å². The minimum absolute atomic E-state index is 0.00469. The second-order valence-electron chi connectivity index (χ2n) is 6.32. The molecule has 0 spiro atoms. The third-order valence-electron chi connectivity index (χ3n) is 4.86. The Morgan fingerprint density at radius 3 is 2.92 bits per heavy atom. The Kier molecular flexibility index (Phi) is 5.52. The molecule has 1 atom stereocenters. The van der Waals surface area contributed by atoms with Gasteiger partial charge in [0.2, 0.25) is 5.91 Å². The van der Waals surface area contributed by atoms with Crippen LogP contribution in [0.2, 0.25) is 0 Å². The van der Waals surface area contributed by atoms with Gasteiger partial charge in [-0.3, -0.25) is 14.5 Å². The predicted octanol–water partition coefficient (Wildman–Crippen LogP) is 0.675. The van der Waals surface area contributed by atoms with Crippen molar-refractivity contribution in [2.75, 3.05) is 53.0 Å². The van der Waals surface area contributed by atoms with Gasteiger partial charge in [-0.05, 0) is 18.9 Å². The summed E-state index contributed by atoms with van der Waals surface area (Å²) in [5.74, 6) is 0.201. The molecule has 1 aromatic heterocycles. The SMILES string of the molecule is COCCN1CCC(N2CCCN(C(=O)c3ccoc3)CC2)C1=O. The van der Waals surface area contributed by atoms with E-state index in [9.17, 15) is 9.59 Å². The molecule has 3 rings (SSSR count). The second kappa shape index (κ2) is 7.81. The number of likely N-dealkylation sites (tertiary alicyclic amines) is 1. The van der Waals surface area contributed by atoms with Gasteiger partial charge in [-0.15, -0.1) is 0 Å². The predicted molar refractivity (Wildman–Crippen MR) is 87.7 cm³/mol. The maximum Gasteiger partial charge on any atom is 0.257 e. The number of hydrogen-bond acceptors (Lipinski definition) is 5. The van der Waals surface area contributed by atoms with E-state index in [0.717, 1.165) is 39.0 Å². The van der Waals surface area contributed by atoms with Gasteiger partial charge in [-0.1, -0.05) is 0 Å². The van der Waals surface area contributed by atoms with Crippen molar-refractivity contribution in [3.8, 4) is 0 Å². The average molecular weight is 335 g/mol. The summed E-state index contributed by atoms with van der Waals surface area (Å²) in [6.45, 7) is 4.97. The van der Waals surface area contributed by atoms with Crippen molar-refractivity contribution in [3.63, 3.8) is 0 Å². The van der Waals surface area contributed by atoms with Crippen LogP contribution in [0.1, 0.15) is 23.2 Å². The molecule has 2 saturated heterocycles. The Bertz CT molecular complexity index is 560. The number of methoxy groups -OCH3 is 1. The van der Waals surface area contributed by atoms with Crippen LogP contribution in [0.15, 0.2) is 23.0 Å². The first-order chi connectivity index (χ1) is 11.7. The number of carbonyl (C=O) groups is 2. The van der Waals surface area contributed by atoms with Gasteiger partial charge in [0, 0.05) is 46.4 Å². The number of ether oxygens (including phenoxy) is 1. The molecule has 2 aliphatic rings. The van der Waals surface area contributed by atoms with Crippen LogP contribution >= 0.6 is 0 Å². The summed E-state index contributed by atoms with van der Waals surface area (Å²) in [7, 11) is 1.65. The number of carbonyl (C=O) groups excluding carboxylic acids is 2. The molecule has 0 N–H and O–H groups in total. The summed E-state index contributed by atoms with van der Waals surface area (Å²) < 4.78 is 10.1. The average Bonchev–Trinajstić information content (AvgIpc) is 3.17. The van der Waals surface area contributed by atoms with Crippen molar-refractivity contribution in [2.24, 2.45) is 0 Å². The summed E-state index contributed by atoms with van der Waals surface area (Å²) >= 11 is 0. The van der Waals surface area contributed by atoms with Crippen molar-refractivity contribution in [1.82, 2.24) is 14.7 Å². The second-order valence-corrected chi connectivity index (χ2v) is 6.32. The minimum atomic E-state index is -0.0502. The Morgan fingerprint density at radius 2 is 2.17 bits per heavy atom. The Labute approximate surface area is 142 Å². The van der Waals surface area contributed by atoms with Gasteiger partial charge in [0.1, 0.15) is 6.26 Å². The van der Waals surface area contributed by atoms with E-state index in [-0.39, 0.29) is 17.9 Å².